The van der Waals surface area contributed by atoms with Gasteiger partial charge in [0.05, 0.1) is 13.1 Å². The molecule has 0 saturated carbocycles. The minimum atomic E-state index is 0. The molecule has 8 heteroatoms. The lowest BCUT2D eigenvalue weighted by Gasteiger charge is -2.21. The van der Waals surface area contributed by atoms with Crippen LogP contribution in [0, 0.1) is 0 Å². The average Bonchev–Trinajstić information content (AvgIpc) is 3.21. The van der Waals surface area contributed by atoms with Crippen LogP contribution in [-0.4, -0.2) is 47.1 Å². The van der Waals surface area contributed by atoms with E-state index in [2.05, 4.69) is 25.2 Å². The summed E-state index contributed by atoms with van der Waals surface area (Å²) in [5.41, 5.74) is 0. The van der Waals surface area contributed by atoms with E-state index in [4.69, 9.17) is 4.74 Å². The lowest BCUT2D eigenvalue weighted by atomic mass is 10.3. The molecule has 3 heterocycles. The molecule has 0 spiro atoms. The van der Waals surface area contributed by atoms with Crippen LogP contribution >= 0.6 is 35.3 Å². The van der Waals surface area contributed by atoms with Crippen molar-refractivity contribution in [1.82, 2.24) is 20.2 Å². The van der Waals surface area contributed by atoms with Gasteiger partial charge in [-0.2, -0.15) is 0 Å². The maximum Gasteiger partial charge on any atom is 0.213 e. The Kier molecular flexibility index (Phi) is 7.03. The molecule has 1 aliphatic rings. The van der Waals surface area contributed by atoms with Crippen LogP contribution in [0.1, 0.15) is 11.4 Å². The van der Waals surface area contributed by atoms with E-state index in [-0.39, 0.29) is 30.1 Å². The summed E-state index contributed by atoms with van der Waals surface area (Å²) >= 11 is 1.64. The van der Waals surface area contributed by atoms with Gasteiger partial charge >= 0.3 is 0 Å². The summed E-state index contributed by atoms with van der Waals surface area (Å²) in [6.07, 6.45) is 4.68. The molecular formula is C15H20IN5OS. The normalized spacial score (nSPS) is 17.7. The van der Waals surface area contributed by atoms with Crippen molar-refractivity contribution in [1.29, 1.82) is 0 Å². The van der Waals surface area contributed by atoms with E-state index in [1.165, 1.54) is 0 Å². The van der Waals surface area contributed by atoms with Gasteiger partial charge in [-0.05, 0) is 6.07 Å². The highest BCUT2D eigenvalue weighted by Crippen LogP contribution is 2.16. The minimum Gasteiger partial charge on any atom is -0.472 e. The predicted octanol–water partition coefficient (Wildman–Crippen LogP) is 2.38. The van der Waals surface area contributed by atoms with Crippen molar-refractivity contribution in [2.75, 3.05) is 20.1 Å². The summed E-state index contributed by atoms with van der Waals surface area (Å²) in [4.78, 5) is 15.0. The molecule has 2 aromatic heterocycles. The largest absolute Gasteiger partial charge is 0.472 e. The van der Waals surface area contributed by atoms with Crippen LogP contribution in [0.25, 0.3) is 0 Å². The van der Waals surface area contributed by atoms with E-state index >= 15 is 0 Å². The van der Waals surface area contributed by atoms with E-state index in [9.17, 15) is 0 Å². The molecule has 0 radical (unpaired) electrons. The molecule has 0 aliphatic carbocycles. The highest BCUT2D eigenvalue weighted by molar-refractivity contribution is 14.0. The summed E-state index contributed by atoms with van der Waals surface area (Å²) < 4.78 is 5.90. The second-order valence-corrected chi connectivity index (χ2v) is 5.95. The summed E-state index contributed by atoms with van der Waals surface area (Å²) in [5, 5.41) is 6.39. The zero-order valence-corrected chi connectivity index (χ0v) is 16.0. The number of aromatic nitrogens is 2. The first-order chi connectivity index (χ1) is 10.8. The van der Waals surface area contributed by atoms with E-state index < -0.39 is 0 Å². The topological polar surface area (TPSA) is 62.6 Å². The molecule has 1 saturated heterocycles. The standard InChI is InChI=1S/C15H19N5OS.HI/c1-16-15(19-10-14-18-7-9-22-14)20-8-5-12(11-20)21-13-4-2-3-6-17-13;/h2-4,6-7,9,12H,5,8,10-11H2,1H3,(H,16,19);1H. The number of nitrogens with one attached hydrogen (secondary N) is 1. The molecule has 124 valence electrons. The fourth-order valence-corrected chi connectivity index (χ4v) is 2.99. The van der Waals surface area contributed by atoms with Gasteiger partial charge in [0, 0.05) is 43.9 Å². The van der Waals surface area contributed by atoms with E-state index in [1.54, 1.807) is 24.6 Å². The quantitative estimate of drug-likeness (QED) is 0.445. The second-order valence-electron chi connectivity index (χ2n) is 4.97. The van der Waals surface area contributed by atoms with Crippen LogP contribution in [-0.2, 0) is 6.54 Å². The van der Waals surface area contributed by atoms with Crippen molar-refractivity contribution in [3.8, 4) is 5.88 Å². The van der Waals surface area contributed by atoms with Crippen molar-refractivity contribution in [3.05, 3.63) is 41.0 Å². The van der Waals surface area contributed by atoms with Crippen LogP contribution in [0.3, 0.4) is 0 Å². The fraction of sp³-hybridized carbons (Fsp3) is 0.400. The minimum absolute atomic E-state index is 0. The van der Waals surface area contributed by atoms with Crippen LogP contribution in [0.5, 0.6) is 5.88 Å². The molecule has 6 nitrogen and oxygen atoms in total. The first-order valence-electron chi connectivity index (χ1n) is 7.27. The number of ether oxygens (including phenoxy) is 1. The molecule has 2 aromatic rings. The Morgan fingerprint density at radius 1 is 1.43 bits per heavy atom. The van der Waals surface area contributed by atoms with Crippen molar-refractivity contribution in [2.24, 2.45) is 4.99 Å². The van der Waals surface area contributed by atoms with Gasteiger partial charge in [-0.3, -0.25) is 4.99 Å². The number of thiazole rings is 1. The number of pyridine rings is 1. The lowest BCUT2D eigenvalue weighted by Crippen LogP contribution is -2.40. The number of hydrogen-bond acceptors (Lipinski definition) is 5. The smallest absolute Gasteiger partial charge is 0.213 e. The SMILES string of the molecule is CN=C(NCc1nccs1)N1CCC(Oc2ccccn2)C1.I. The van der Waals surface area contributed by atoms with E-state index in [0.717, 1.165) is 30.5 Å². The molecular weight excluding hydrogens is 425 g/mol. The molecule has 0 amide bonds. The summed E-state index contributed by atoms with van der Waals surface area (Å²) in [7, 11) is 1.80. The Morgan fingerprint density at radius 2 is 2.35 bits per heavy atom. The van der Waals surface area contributed by atoms with Gasteiger partial charge in [0.25, 0.3) is 0 Å². The molecule has 1 N–H and O–H groups in total. The number of guanidine groups is 1. The Morgan fingerprint density at radius 3 is 3.04 bits per heavy atom. The van der Waals surface area contributed by atoms with Gasteiger partial charge in [-0.1, -0.05) is 6.07 Å². The molecule has 1 fully saturated rings. The molecule has 0 bridgehead atoms. The van der Waals surface area contributed by atoms with Crippen molar-refractivity contribution < 1.29 is 4.74 Å². The lowest BCUT2D eigenvalue weighted by molar-refractivity contribution is 0.205. The van der Waals surface area contributed by atoms with Gasteiger partial charge in [-0.15, -0.1) is 35.3 Å². The van der Waals surface area contributed by atoms with Gasteiger partial charge in [-0.25, -0.2) is 9.97 Å². The number of hydrogen-bond donors (Lipinski definition) is 1. The Hall–Kier alpha value is -1.42. The number of rotatable bonds is 4. The summed E-state index contributed by atoms with van der Waals surface area (Å²) in [5.74, 6) is 1.57. The van der Waals surface area contributed by atoms with Crippen LogP contribution in [0.4, 0.5) is 0 Å². The Balaban J connectivity index is 0.00000192. The third-order valence-corrected chi connectivity index (χ3v) is 4.24. The van der Waals surface area contributed by atoms with Gasteiger partial charge < -0.3 is 15.0 Å². The Bertz CT molecular complexity index is 608. The van der Waals surface area contributed by atoms with E-state index in [1.807, 2.05) is 29.8 Å². The van der Waals surface area contributed by atoms with Crippen LogP contribution in [0.15, 0.2) is 41.0 Å². The third-order valence-electron chi connectivity index (χ3n) is 3.46. The highest BCUT2D eigenvalue weighted by atomic mass is 127. The number of aliphatic imine (C=N–C) groups is 1. The van der Waals surface area contributed by atoms with Crippen molar-refractivity contribution >= 4 is 41.3 Å². The van der Waals surface area contributed by atoms with Crippen LogP contribution < -0.4 is 10.1 Å². The molecule has 1 aliphatic heterocycles. The molecule has 23 heavy (non-hydrogen) atoms. The Labute approximate surface area is 157 Å². The third kappa shape index (κ3) is 5.03. The summed E-state index contributed by atoms with van der Waals surface area (Å²) in [6.45, 7) is 2.44. The first kappa shape index (κ1) is 17.9. The average molecular weight is 445 g/mol. The molecule has 3 rings (SSSR count). The number of halogens is 1. The maximum atomic E-state index is 5.90. The maximum absolute atomic E-state index is 5.90. The zero-order chi connectivity index (χ0) is 15.2. The second kappa shape index (κ2) is 9.02. The fourth-order valence-electron chi connectivity index (χ4n) is 2.43. The highest BCUT2D eigenvalue weighted by Gasteiger charge is 2.26. The van der Waals surface area contributed by atoms with Gasteiger partial charge in [0.1, 0.15) is 11.1 Å². The van der Waals surface area contributed by atoms with Crippen molar-refractivity contribution in [2.45, 2.75) is 19.1 Å². The first-order valence-corrected chi connectivity index (χ1v) is 8.15. The number of nitrogens with zero attached hydrogens (tertiary/aromatic N) is 4. The molecule has 1 atom stereocenters. The zero-order valence-electron chi connectivity index (χ0n) is 12.9. The van der Waals surface area contributed by atoms with Crippen LogP contribution in [0.2, 0.25) is 0 Å². The summed E-state index contributed by atoms with van der Waals surface area (Å²) in [6, 6.07) is 5.71. The molecule has 0 aromatic carbocycles. The van der Waals surface area contributed by atoms with E-state index in [0.29, 0.717) is 12.4 Å². The molecule has 1 unspecified atom stereocenters. The number of likely N-dealkylation sites (tertiary alicyclic amines) is 1. The van der Waals surface area contributed by atoms with Gasteiger partial charge in [0.2, 0.25) is 5.88 Å². The van der Waals surface area contributed by atoms with Crippen molar-refractivity contribution in [3.63, 3.8) is 0 Å². The van der Waals surface area contributed by atoms with Gasteiger partial charge in [0.15, 0.2) is 5.96 Å². The predicted molar refractivity (Wildman–Crippen MR) is 103 cm³/mol. The monoisotopic (exact) mass is 445 g/mol.